The van der Waals surface area contributed by atoms with Gasteiger partial charge in [-0.15, -0.1) is 11.3 Å². The highest BCUT2D eigenvalue weighted by molar-refractivity contribution is 7.12. The fourth-order valence-corrected chi connectivity index (χ4v) is 3.41. The van der Waals surface area contributed by atoms with E-state index in [1.807, 2.05) is 24.4 Å². The van der Waals surface area contributed by atoms with Crippen molar-refractivity contribution in [2.75, 3.05) is 0 Å². The highest BCUT2D eigenvalue weighted by Gasteiger charge is 2.12. The molecule has 23 heavy (non-hydrogen) atoms. The van der Waals surface area contributed by atoms with Crippen LogP contribution in [0.5, 0.6) is 0 Å². The standard InChI is InChI=1S/C18H13N3OS/c1-12-16(10-22)9-19-21(12)18-20-17(11-23-18)15-7-6-13-4-2-3-5-14(13)8-15/h2-11H,1H3. The molecule has 0 saturated heterocycles. The fourth-order valence-electron chi connectivity index (χ4n) is 2.57. The molecule has 2 aromatic heterocycles. The third-order valence-corrected chi connectivity index (χ3v) is 4.71. The van der Waals surface area contributed by atoms with Gasteiger partial charge in [0.2, 0.25) is 5.13 Å². The first kappa shape index (κ1) is 13.8. The summed E-state index contributed by atoms with van der Waals surface area (Å²) in [5, 5.41) is 9.43. The van der Waals surface area contributed by atoms with Gasteiger partial charge < -0.3 is 0 Å². The van der Waals surface area contributed by atoms with E-state index < -0.39 is 0 Å². The molecule has 0 fully saturated rings. The summed E-state index contributed by atoms with van der Waals surface area (Å²) in [6.45, 7) is 1.87. The van der Waals surface area contributed by atoms with Crippen molar-refractivity contribution < 1.29 is 4.79 Å². The third-order valence-electron chi connectivity index (χ3n) is 3.89. The van der Waals surface area contributed by atoms with Crippen LogP contribution < -0.4 is 0 Å². The number of rotatable bonds is 3. The van der Waals surface area contributed by atoms with Gasteiger partial charge in [0.1, 0.15) is 0 Å². The van der Waals surface area contributed by atoms with E-state index in [-0.39, 0.29) is 0 Å². The largest absolute Gasteiger partial charge is 0.298 e. The second-order valence-electron chi connectivity index (χ2n) is 5.29. The summed E-state index contributed by atoms with van der Waals surface area (Å²) < 4.78 is 1.71. The molecule has 0 unspecified atom stereocenters. The number of fused-ring (bicyclic) bond motifs is 1. The van der Waals surface area contributed by atoms with Gasteiger partial charge in [-0.1, -0.05) is 36.4 Å². The van der Waals surface area contributed by atoms with Gasteiger partial charge in [-0.3, -0.25) is 4.79 Å². The monoisotopic (exact) mass is 319 g/mol. The molecule has 5 heteroatoms. The molecule has 0 atom stereocenters. The van der Waals surface area contributed by atoms with E-state index in [1.54, 1.807) is 10.9 Å². The van der Waals surface area contributed by atoms with E-state index in [0.29, 0.717) is 5.56 Å². The normalized spacial score (nSPS) is 11.0. The van der Waals surface area contributed by atoms with Gasteiger partial charge >= 0.3 is 0 Å². The average molecular weight is 319 g/mol. The van der Waals surface area contributed by atoms with Gasteiger partial charge in [0.05, 0.1) is 23.1 Å². The predicted octanol–water partition coefficient (Wildman–Crippen LogP) is 4.27. The molecule has 4 nitrogen and oxygen atoms in total. The van der Waals surface area contributed by atoms with E-state index in [4.69, 9.17) is 0 Å². The van der Waals surface area contributed by atoms with Gasteiger partial charge in [0, 0.05) is 10.9 Å². The Bertz CT molecular complexity index is 1020. The van der Waals surface area contributed by atoms with Crippen LogP contribution in [0.4, 0.5) is 0 Å². The van der Waals surface area contributed by atoms with Crippen molar-refractivity contribution in [3.05, 3.63) is 65.3 Å². The second kappa shape index (κ2) is 5.44. The SMILES string of the molecule is Cc1c(C=O)cnn1-c1nc(-c2ccc3ccccc3c2)cs1. The molecular formula is C18H13N3OS. The summed E-state index contributed by atoms with van der Waals surface area (Å²) in [5.41, 5.74) is 3.39. The number of carbonyl (C=O) groups is 1. The smallest absolute Gasteiger partial charge is 0.211 e. The molecule has 112 valence electrons. The average Bonchev–Trinajstić information content (AvgIpc) is 3.21. The van der Waals surface area contributed by atoms with Gasteiger partial charge in [0.15, 0.2) is 6.29 Å². The Morgan fingerprint density at radius 1 is 1.13 bits per heavy atom. The number of carbonyl (C=O) groups excluding carboxylic acids is 1. The maximum Gasteiger partial charge on any atom is 0.211 e. The van der Waals surface area contributed by atoms with Crippen molar-refractivity contribution in [1.29, 1.82) is 0 Å². The Hall–Kier alpha value is -2.79. The number of aromatic nitrogens is 3. The van der Waals surface area contributed by atoms with Crippen molar-refractivity contribution in [1.82, 2.24) is 14.8 Å². The first-order valence-electron chi connectivity index (χ1n) is 7.21. The molecule has 4 aromatic rings. The zero-order valence-corrected chi connectivity index (χ0v) is 13.2. The summed E-state index contributed by atoms with van der Waals surface area (Å²) in [5.74, 6) is 0. The van der Waals surface area contributed by atoms with Crippen LogP contribution in [0, 0.1) is 6.92 Å². The molecule has 4 rings (SSSR count). The molecule has 0 amide bonds. The lowest BCUT2D eigenvalue weighted by Gasteiger charge is -2.01. The van der Waals surface area contributed by atoms with Crippen LogP contribution in [0.25, 0.3) is 27.2 Å². The molecule has 0 aliphatic heterocycles. The first-order valence-corrected chi connectivity index (χ1v) is 8.09. The fraction of sp³-hybridized carbons (Fsp3) is 0.0556. The minimum Gasteiger partial charge on any atom is -0.298 e. The maximum atomic E-state index is 11.0. The van der Waals surface area contributed by atoms with Crippen LogP contribution in [0.15, 0.2) is 54.0 Å². The summed E-state index contributed by atoms with van der Waals surface area (Å²) >= 11 is 1.51. The lowest BCUT2D eigenvalue weighted by Crippen LogP contribution is -1.98. The topological polar surface area (TPSA) is 47.8 Å². The summed E-state index contributed by atoms with van der Waals surface area (Å²) in [6.07, 6.45) is 2.39. The van der Waals surface area contributed by atoms with Crippen LogP contribution in [-0.2, 0) is 0 Å². The van der Waals surface area contributed by atoms with Crippen molar-refractivity contribution in [3.63, 3.8) is 0 Å². The van der Waals surface area contributed by atoms with E-state index in [9.17, 15) is 4.79 Å². The number of benzene rings is 2. The van der Waals surface area contributed by atoms with E-state index in [1.165, 1.54) is 22.1 Å². The summed E-state index contributed by atoms with van der Waals surface area (Å²) in [4.78, 5) is 15.6. The van der Waals surface area contributed by atoms with Gasteiger partial charge in [-0.2, -0.15) is 5.10 Å². The van der Waals surface area contributed by atoms with E-state index in [0.717, 1.165) is 28.4 Å². The Morgan fingerprint density at radius 2 is 1.96 bits per heavy atom. The van der Waals surface area contributed by atoms with Crippen LogP contribution in [0.1, 0.15) is 16.1 Å². The van der Waals surface area contributed by atoms with Crippen LogP contribution in [0.3, 0.4) is 0 Å². The summed E-state index contributed by atoms with van der Waals surface area (Å²) in [7, 11) is 0. The molecular weight excluding hydrogens is 306 g/mol. The Labute approximate surface area is 137 Å². The molecule has 0 bridgehead atoms. The number of hydrogen-bond acceptors (Lipinski definition) is 4. The van der Waals surface area contributed by atoms with Crippen molar-refractivity contribution >= 4 is 28.4 Å². The van der Waals surface area contributed by atoms with Gasteiger partial charge in [-0.25, -0.2) is 9.67 Å². The Kier molecular flexibility index (Phi) is 3.28. The van der Waals surface area contributed by atoms with E-state index in [2.05, 4.69) is 40.4 Å². The highest BCUT2D eigenvalue weighted by Crippen LogP contribution is 2.27. The van der Waals surface area contributed by atoms with Crippen LogP contribution >= 0.6 is 11.3 Å². The number of hydrogen-bond donors (Lipinski definition) is 0. The zero-order chi connectivity index (χ0) is 15.8. The number of aldehydes is 1. The van der Waals surface area contributed by atoms with Crippen LogP contribution in [-0.4, -0.2) is 21.1 Å². The Morgan fingerprint density at radius 3 is 2.74 bits per heavy atom. The lowest BCUT2D eigenvalue weighted by atomic mass is 10.1. The minimum atomic E-state index is 0.590. The third kappa shape index (κ3) is 2.35. The number of thiazole rings is 1. The molecule has 0 radical (unpaired) electrons. The molecule has 2 heterocycles. The summed E-state index contributed by atoms with van der Waals surface area (Å²) in [6, 6.07) is 14.6. The quantitative estimate of drug-likeness (QED) is 0.530. The Balaban J connectivity index is 1.76. The van der Waals surface area contributed by atoms with E-state index >= 15 is 0 Å². The second-order valence-corrected chi connectivity index (χ2v) is 6.13. The molecule has 0 N–H and O–H groups in total. The predicted molar refractivity (Wildman–Crippen MR) is 92.3 cm³/mol. The molecule has 2 aromatic carbocycles. The maximum absolute atomic E-state index is 11.0. The van der Waals surface area contributed by atoms with Crippen LogP contribution in [0.2, 0.25) is 0 Å². The number of nitrogens with zero attached hydrogens (tertiary/aromatic N) is 3. The molecule has 0 saturated carbocycles. The highest BCUT2D eigenvalue weighted by atomic mass is 32.1. The molecule has 0 aliphatic carbocycles. The van der Waals surface area contributed by atoms with Gasteiger partial charge in [0.25, 0.3) is 0 Å². The minimum absolute atomic E-state index is 0.590. The zero-order valence-electron chi connectivity index (χ0n) is 12.4. The lowest BCUT2D eigenvalue weighted by molar-refractivity contribution is 0.112. The van der Waals surface area contributed by atoms with Crippen molar-refractivity contribution in [3.8, 4) is 16.4 Å². The van der Waals surface area contributed by atoms with Gasteiger partial charge in [-0.05, 0) is 23.8 Å². The van der Waals surface area contributed by atoms with Crippen molar-refractivity contribution in [2.24, 2.45) is 0 Å². The molecule has 0 spiro atoms. The van der Waals surface area contributed by atoms with Crippen molar-refractivity contribution in [2.45, 2.75) is 6.92 Å². The first-order chi connectivity index (χ1) is 11.3. The molecule has 0 aliphatic rings.